The number of halogens is 1. The highest BCUT2D eigenvalue weighted by Crippen LogP contribution is 2.30. The van der Waals surface area contributed by atoms with Gasteiger partial charge in [0.2, 0.25) is 0 Å². The summed E-state index contributed by atoms with van der Waals surface area (Å²) in [4.78, 5) is 0. The maximum Gasteiger partial charge on any atom is 0.0485 e. The van der Waals surface area contributed by atoms with Crippen molar-refractivity contribution in [1.29, 1.82) is 0 Å². The monoisotopic (exact) mass is 179 g/mol. The summed E-state index contributed by atoms with van der Waals surface area (Å²) in [6.07, 6.45) is 1.22. The average molecular weight is 180 g/mol. The fourth-order valence-corrected chi connectivity index (χ4v) is 1.45. The van der Waals surface area contributed by atoms with Crippen LogP contribution in [0.5, 0.6) is 0 Å². The van der Waals surface area contributed by atoms with Crippen molar-refractivity contribution in [2.75, 3.05) is 19.7 Å². The highest BCUT2D eigenvalue weighted by molar-refractivity contribution is 5.85. The highest BCUT2D eigenvalue weighted by atomic mass is 35.5. The van der Waals surface area contributed by atoms with Crippen molar-refractivity contribution in [2.45, 2.75) is 20.3 Å². The summed E-state index contributed by atoms with van der Waals surface area (Å²) in [6.45, 7) is 6.76. The smallest absolute Gasteiger partial charge is 0.0485 e. The lowest BCUT2D eigenvalue weighted by Crippen LogP contribution is -2.29. The van der Waals surface area contributed by atoms with E-state index in [0.717, 1.165) is 13.1 Å². The van der Waals surface area contributed by atoms with Gasteiger partial charge in [-0.1, -0.05) is 13.8 Å². The second-order valence-electron chi connectivity index (χ2n) is 3.84. The van der Waals surface area contributed by atoms with Gasteiger partial charge in [-0.05, 0) is 30.8 Å². The molecule has 0 radical (unpaired) electrons. The summed E-state index contributed by atoms with van der Waals surface area (Å²) in [7, 11) is 0. The van der Waals surface area contributed by atoms with Crippen molar-refractivity contribution in [3.05, 3.63) is 0 Å². The summed E-state index contributed by atoms with van der Waals surface area (Å²) in [5.41, 5.74) is 0.115. The van der Waals surface area contributed by atoms with E-state index in [0.29, 0.717) is 12.5 Å². The summed E-state index contributed by atoms with van der Waals surface area (Å²) >= 11 is 0. The Bertz CT molecular complexity index is 111. The zero-order valence-electron chi connectivity index (χ0n) is 7.26. The Labute approximate surface area is 74.8 Å². The molecule has 1 saturated heterocycles. The Morgan fingerprint density at radius 3 is 2.55 bits per heavy atom. The predicted molar refractivity (Wildman–Crippen MR) is 49.1 cm³/mol. The maximum atomic E-state index is 9.03. The molecule has 2 N–H and O–H groups in total. The van der Waals surface area contributed by atoms with Crippen LogP contribution in [-0.2, 0) is 0 Å². The quantitative estimate of drug-likeness (QED) is 0.664. The van der Waals surface area contributed by atoms with Crippen LogP contribution in [0.4, 0.5) is 0 Å². The number of nitrogens with one attached hydrogen (secondary N) is 1. The molecule has 1 aliphatic heterocycles. The van der Waals surface area contributed by atoms with Gasteiger partial charge in [0.05, 0.1) is 0 Å². The first-order valence-electron chi connectivity index (χ1n) is 3.98. The van der Waals surface area contributed by atoms with E-state index in [-0.39, 0.29) is 17.8 Å². The molecule has 2 nitrogen and oxygen atoms in total. The van der Waals surface area contributed by atoms with Gasteiger partial charge in [0.1, 0.15) is 0 Å². The van der Waals surface area contributed by atoms with Gasteiger partial charge >= 0.3 is 0 Å². The molecule has 0 aromatic rings. The van der Waals surface area contributed by atoms with Crippen LogP contribution < -0.4 is 5.32 Å². The molecular weight excluding hydrogens is 162 g/mol. The zero-order chi connectivity index (χ0) is 7.61. The lowest BCUT2D eigenvalue weighted by Gasteiger charge is -2.28. The maximum absolute atomic E-state index is 9.03. The van der Waals surface area contributed by atoms with Crippen molar-refractivity contribution in [1.82, 2.24) is 5.32 Å². The lowest BCUT2D eigenvalue weighted by atomic mass is 9.79. The summed E-state index contributed by atoms with van der Waals surface area (Å²) < 4.78 is 0. The predicted octanol–water partition coefficient (Wildman–Crippen LogP) is 1.04. The topological polar surface area (TPSA) is 32.3 Å². The number of hydrogen-bond donors (Lipinski definition) is 2. The number of aliphatic hydroxyl groups excluding tert-OH is 1. The fourth-order valence-electron chi connectivity index (χ4n) is 1.45. The van der Waals surface area contributed by atoms with E-state index in [1.165, 1.54) is 6.42 Å². The molecule has 3 heteroatoms. The van der Waals surface area contributed by atoms with Crippen molar-refractivity contribution >= 4 is 12.4 Å². The number of aliphatic hydroxyl groups is 1. The van der Waals surface area contributed by atoms with Gasteiger partial charge in [-0.15, -0.1) is 12.4 Å². The molecule has 1 heterocycles. The van der Waals surface area contributed by atoms with E-state index in [1.807, 2.05) is 0 Å². The fraction of sp³-hybridized carbons (Fsp3) is 1.00. The molecule has 0 aromatic heterocycles. The third-order valence-corrected chi connectivity index (χ3v) is 2.57. The van der Waals surface area contributed by atoms with Crippen LogP contribution in [0.15, 0.2) is 0 Å². The van der Waals surface area contributed by atoms with Gasteiger partial charge in [0.25, 0.3) is 0 Å². The molecule has 68 valence electrons. The molecule has 1 atom stereocenters. The second kappa shape index (κ2) is 4.29. The molecule has 0 saturated carbocycles. The molecule has 0 bridgehead atoms. The van der Waals surface area contributed by atoms with Crippen LogP contribution >= 0.6 is 12.4 Å². The third kappa shape index (κ3) is 2.62. The summed E-state index contributed by atoms with van der Waals surface area (Å²) in [6, 6.07) is 0. The van der Waals surface area contributed by atoms with Gasteiger partial charge in [-0.2, -0.15) is 0 Å². The first-order chi connectivity index (χ1) is 4.67. The van der Waals surface area contributed by atoms with Crippen molar-refractivity contribution in [2.24, 2.45) is 11.3 Å². The van der Waals surface area contributed by atoms with Crippen molar-refractivity contribution < 1.29 is 5.11 Å². The largest absolute Gasteiger partial charge is 0.396 e. The van der Waals surface area contributed by atoms with E-state index >= 15 is 0 Å². The Balaban J connectivity index is 0.000001000. The van der Waals surface area contributed by atoms with Gasteiger partial charge in [-0.25, -0.2) is 0 Å². The van der Waals surface area contributed by atoms with Gasteiger partial charge in [-0.3, -0.25) is 0 Å². The standard InChI is InChI=1S/C8H17NO.ClH/c1-8(2,6-10)7-3-4-9-5-7;/h7,9-10H,3-6H2,1-2H3;1H. The van der Waals surface area contributed by atoms with Crippen LogP contribution in [0.3, 0.4) is 0 Å². The summed E-state index contributed by atoms with van der Waals surface area (Å²) in [5.74, 6) is 0.664. The molecule has 1 aliphatic rings. The molecule has 0 aromatic carbocycles. The van der Waals surface area contributed by atoms with Crippen molar-refractivity contribution in [3.63, 3.8) is 0 Å². The Morgan fingerprint density at radius 1 is 1.55 bits per heavy atom. The SMILES string of the molecule is CC(C)(CO)C1CCNC1.Cl. The van der Waals surface area contributed by atoms with Gasteiger partial charge in [0.15, 0.2) is 0 Å². The minimum atomic E-state index is 0. The lowest BCUT2D eigenvalue weighted by molar-refractivity contribution is 0.105. The number of rotatable bonds is 2. The van der Waals surface area contributed by atoms with Crippen LogP contribution in [0.2, 0.25) is 0 Å². The summed E-state index contributed by atoms with van der Waals surface area (Å²) in [5, 5.41) is 12.3. The molecule has 1 rings (SSSR count). The molecule has 0 spiro atoms. The minimum Gasteiger partial charge on any atom is -0.396 e. The number of hydrogen-bond acceptors (Lipinski definition) is 2. The van der Waals surface area contributed by atoms with E-state index in [9.17, 15) is 0 Å². The Morgan fingerprint density at radius 2 is 2.18 bits per heavy atom. The molecule has 0 amide bonds. The molecular formula is C8H18ClNO. The molecule has 1 fully saturated rings. The average Bonchev–Trinajstić information content (AvgIpc) is 2.38. The third-order valence-electron chi connectivity index (χ3n) is 2.57. The van der Waals surface area contributed by atoms with E-state index in [1.54, 1.807) is 0 Å². The Hall–Kier alpha value is 0.210. The molecule has 1 unspecified atom stereocenters. The van der Waals surface area contributed by atoms with Crippen molar-refractivity contribution in [3.8, 4) is 0 Å². The Kier molecular flexibility index (Phi) is 4.37. The highest BCUT2D eigenvalue weighted by Gasteiger charge is 2.30. The zero-order valence-corrected chi connectivity index (χ0v) is 8.08. The van der Waals surface area contributed by atoms with E-state index < -0.39 is 0 Å². The van der Waals surface area contributed by atoms with Gasteiger partial charge in [0, 0.05) is 6.61 Å². The van der Waals surface area contributed by atoms with Crippen LogP contribution in [0, 0.1) is 11.3 Å². The first kappa shape index (κ1) is 11.2. The van der Waals surface area contributed by atoms with Crippen LogP contribution in [0.1, 0.15) is 20.3 Å². The molecule has 11 heavy (non-hydrogen) atoms. The minimum absolute atomic E-state index is 0. The normalized spacial score (nSPS) is 24.8. The van der Waals surface area contributed by atoms with Crippen LogP contribution in [0.25, 0.3) is 0 Å². The second-order valence-corrected chi connectivity index (χ2v) is 3.84. The molecule has 0 aliphatic carbocycles. The van der Waals surface area contributed by atoms with Crippen LogP contribution in [-0.4, -0.2) is 24.8 Å². The van der Waals surface area contributed by atoms with E-state index in [2.05, 4.69) is 19.2 Å². The van der Waals surface area contributed by atoms with E-state index in [4.69, 9.17) is 5.11 Å². The first-order valence-corrected chi connectivity index (χ1v) is 3.98. The van der Waals surface area contributed by atoms with Gasteiger partial charge < -0.3 is 10.4 Å².